The second kappa shape index (κ2) is 6.37. The average molecular weight is 317 g/mol. The molecule has 2 atom stereocenters. The van der Waals surface area contributed by atoms with Crippen LogP contribution < -0.4 is 0 Å². The van der Waals surface area contributed by atoms with Crippen molar-refractivity contribution < 1.29 is 23.9 Å². The first-order valence-electron chi connectivity index (χ1n) is 6.14. The molecule has 0 aliphatic carbocycles. The monoisotopic (exact) mass is 316 g/mol. The van der Waals surface area contributed by atoms with E-state index in [0.717, 1.165) is 0 Å². The number of carbonyl (C=O) groups excluding carboxylic acids is 3. The molecular formula is C13H13ClO5S. The largest absolute Gasteiger partial charge is 0.460 e. The van der Waals surface area contributed by atoms with Gasteiger partial charge in [-0.3, -0.25) is 9.59 Å². The number of ether oxygens (including phenoxy) is 2. The predicted molar refractivity (Wildman–Crippen MR) is 72.9 cm³/mol. The van der Waals surface area contributed by atoms with Crippen LogP contribution in [0, 0.1) is 0 Å². The molecule has 2 heterocycles. The zero-order valence-electron chi connectivity index (χ0n) is 10.8. The van der Waals surface area contributed by atoms with Crippen molar-refractivity contribution in [3.05, 3.63) is 21.3 Å². The van der Waals surface area contributed by atoms with E-state index in [4.69, 9.17) is 21.1 Å². The maximum absolute atomic E-state index is 11.8. The van der Waals surface area contributed by atoms with Gasteiger partial charge in [-0.1, -0.05) is 11.6 Å². The molecule has 7 heteroatoms. The minimum Gasteiger partial charge on any atom is -0.460 e. The Bertz CT molecular complexity index is 539. The summed E-state index contributed by atoms with van der Waals surface area (Å²) in [6.45, 7) is 1.73. The third-order valence-electron chi connectivity index (χ3n) is 2.80. The van der Waals surface area contributed by atoms with Crippen molar-refractivity contribution in [1.29, 1.82) is 0 Å². The number of halogens is 1. The maximum atomic E-state index is 11.8. The summed E-state index contributed by atoms with van der Waals surface area (Å²) in [5, 5.41) is 0. The van der Waals surface area contributed by atoms with Crippen LogP contribution in [-0.4, -0.2) is 29.9 Å². The summed E-state index contributed by atoms with van der Waals surface area (Å²) in [5.74, 6) is -1.26. The molecule has 2 rings (SSSR count). The van der Waals surface area contributed by atoms with E-state index in [2.05, 4.69) is 0 Å². The molecule has 0 N–H and O–H groups in total. The Morgan fingerprint density at radius 3 is 2.75 bits per heavy atom. The van der Waals surface area contributed by atoms with Gasteiger partial charge < -0.3 is 9.47 Å². The topological polar surface area (TPSA) is 69.7 Å². The Morgan fingerprint density at radius 2 is 2.20 bits per heavy atom. The molecule has 1 aliphatic heterocycles. The fourth-order valence-electron chi connectivity index (χ4n) is 1.84. The molecule has 108 valence electrons. The molecule has 20 heavy (non-hydrogen) atoms. The highest BCUT2D eigenvalue weighted by molar-refractivity contribution is 7.18. The zero-order valence-corrected chi connectivity index (χ0v) is 12.3. The molecule has 0 bridgehead atoms. The molecule has 0 unspecified atom stereocenters. The molecule has 0 aromatic carbocycles. The van der Waals surface area contributed by atoms with Crippen LogP contribution >= 0.6 is 22.9 Å². The van der Waals surface area contributed by atoms with Gasteiger partial charge in [-0.2, -0.15) is 0 Å². The number of carbonyl (C=O) groups is 3. The van der Waals surface area contributed by atoms with Crippen molar-refractivity contribution >= 4 is 40.7 Å². The number of cyclic esters (lactones) is 1. The van der Waals surface area contributed by atoms with Crippen molar-refractivity contribution in [2.75, 3.05) is 0 Å². The van der Waals surface area contributed by atoms with E-state index in [0.29, 0.717) is 15.6 Å². The van der Waals surface area contributed by atoms with Gasteiger partial charge in [0.25, 0.3) is 0 Å². The fourth-order valence-corrected chi connectivity index (χ4v) is 2.85. The predicted octanol–water partition coefficient (Wildman–Crippen LogP) is 2.61. The summed E-state index contributed by atoms with van der Waals surface area (Å²) >= 11 is 6.90. The van der Waals surface area contributed by atoms with Gasteiger partial charge in [0.05, 0.1) is 15.6 Å². The van der Waals surface area contributed by atoms with Crippen LogP contribution in [0.5, 0.6) is 0 Å². The number of esters is 2. The van der Waals surface area contributed by atoms with Crippen LogP contribution in [0.3, 0.4) is 0 Å². The van der Waals surface area contributed by atoms with E-state index >= 15 is 0 Å². The maximum Gasteiger partial charge on any atom is 0.347 e. The number of hydrogen-bond acceptors (Lipinski definition) is 6. The molecule has 1 aromatic heterocycles. The fraction of sp³-hybridized carbons (Fsp3) is 0.462. The molecule has 0 radical (unpaired) electrons. The molecule has 1 aromatic rings. The van der Waals surface area contributed by atoms with Gasteiger partial charge in [-0.25, -0.2) is 4.79 Å². The summed E-state index contributed by atoms with van der Waals surface area (Å²) in [4.78, 5) is 35.2. The van der Waals surface area contributed by atoms with Crippen LogP contribution in [0.15, 0.2) is 12.1 Å². The van der Waals surface area contributed by atoms with E-state index in [-0.39, 0.29) is 24.7 Å². The molecule has 1 aliphatic rings. The minimum atomic E-state index is -0.844. The summed E-state index contributed by atoms with van der Waals surface area (Å²) in [7, 11) is 0. The summed E-state index contributed by atoms with van der Waals surface area (Å²) < 4.78 is 10.4. The first kappa shape index (κ1) is 15.0. The minimum absolute atomic E-state index is 0.0347. The first-order chi connectivity index (χ1) is 9.45. The smallest absolute Gasteiger partial charge is 0.347 e. The van der Waals surface area contributed by atoms with Crippen molar-refractivity contribution in [3.8, 4) is 0 Å². The number of thiophene rings is 1. The number of Topliss-reactive ketones (excluding diaryl/α,β-unsaturated/α-hetero) is 1. The molecule has 1 fully saturated rings. The van der Waals surface area contributed by atoms with Crippen molar-refractivity contribution in [1.82, 2.24) is 0 Å². The van der Waals surface area contributed by atoms with E-state index in [9.17, 15) is 14.4 Å². The van der Waals surface area contributed by atoms with Gasteiger partial charge in [0.1, 0.15) is 6.10 Å². The standard InChI is InChI=1S/C13H13ClO5S/c1-7-6-9(13(17)18-7)19-12(16)5-2-8(15)10-3-4-11(14)20-10/h3-4,7,9H,2,5-6H2,1H3/t7-,9-/m1/s1. The molecule has 0 saturated carbocycles. The van der Waals surface area contributed by atoms with Crippen molar-refractivity contribution in [2.24, 2.45) is 0 Å². The van der Waals surface area contributed by atoms with E-state index in [1.807, 2.05) is 0 Å². The molecule has 5 nitrogen and oxygen atoms in total. The van der Waals surface area contributed by atoms with E-state index in [1.54, 1.807) is 19.1 Å². The van der Waals surface area contributed by atoms with Gasteiger partial charge in [0.15, 0.2) is 5.78 Å². The van der Waals surface area contributed by atoms with Gasteiger partial charge >= 0.3 is 11.9 Å². The van der Waals surface area contributed by atoms with Crippen LogP contribution in [0.25, 0.3) is 0 Å². The zero-order chi connectivity index (χ0) is 14.7. The summed E-state index contributed by atoms with van der Waals surface area (Å²) in [6.07, 6.45) is -0.752. The van der Waals surface area contributed by atoms with Gasteiger partial charge in [-0.15, -0.1) is 11.3 Å². The SMILES string of the molecule is C[C@@H]1C[C@@H](OC(=O)CCC(=O)c2ccc(Cl)s2)C(=O)O1. The van der Waals surface area contributed by atoms with Crippen molar-refractivity contribution in [2.45, 2.75) is 38.4 Å². The van der Waals surface area contributed by atoms with Crippen LogP contribution in [0.2, 0.25) is 4.34 Å². The van der Waals surface area contributed by atoms with E-state index < -0.39 is 18.0 Å². The molecule has 0 spiro atoms. The molecular weight excluding hydrogens is 304 g/mol. The Hall–Kier alpha value is -1.40. The average Bonchev–Trinajstić information content (AvgIpc) is 2.93. The van der Waals surface area contributed by atoms with Gasteiger partial charge in [-0.05, 0) is 19.1 Å². The highest BCUT2D eigenvalue weighted by Gasteiger charge is 2.34. The first-order valence-corrected chi connectivity index (χ1v) is 7.33. The number of ketones is 1. The quantitative estimate of drug-likeness (QED) is 0.617. The van der Waals surface area contributed by atoms with Crippen molar-refractivity contribution in [3.63, 3.8) is 0 Å². The van der Waals surface area contributed by atoms with Crippen LogP contribution in [0.1, 0.15) is 35.9 Å². The number of rotatable bonds is 5. The highest BCUT2D eigenvalue weighted by Crippen LogP contribution is 2.23. The van der Waals surface area contributed by atoms with E-state index in [1.165, 1.54) is 11.3 Å². The van der Waals surface area contributed by atoms with Crippen LogP contribution in [-0.2, 0) is 19.1 Å². The molecule has 0 amide bonds. The lowest BCUT2D eigenvalue weighted by Gasteiger charge is -2.07. The molecule has 1 saturated heterocycles. The second-order valence-corrected chi connectivity index (χ2v) is 6.20. The lowest BCUT2D eigenvalue weighted by molar-refractivity contribution is -0.160. The summed E-state index contributed by atoms with van der Waals surface area (Å²) in [5.41, 5.74) is 0. The van der Waals surface area contributed by atoms with Crippen LogP contribution in [0.4, 0.5) is 0 Å². The Kier molecular flexibility index (Phi) is 4.77. The normalized spacial score (nSPS) is 21.6. The third-order valence-corrected chi connectivity index (χ3v) is 4.08. The Balaban J connectivity index is 1.78. The lowest BCUT2D eigenvalue weighted by Crippen LogP contribution is -2.22. The second-order valence-electron chi connectivity index (χ2n) is 4.49. The Morgan fingerprint density at radius 1 is 1.45 bits per heavy atom. The lowest BCUT2D eigenvalue weighted by atomic mass is 10.2. The Labute approximate surface area is 124 Å². The third kappa shape index (κ3) is 3.80. The summed E-state index contributed by atoms with van der Waals surface area (Å²) in [6, 6.07) is 3.25. The highest BCUT2D eigenvalue weighted by atomic mass is 35.5. The van der Waals surface area contributed by atoms with Gasteiger partial charge in [0.2, 0.25) is 6.10 Å². The van der Waals surface area contributed by atoms with Gasteiger partial charge in [0, 0.05) is 12.8 Å². The number of hydrogen-bond donors (Lipinski definition) is 0.